The van der Waals surface area contributed by atoms with E-state index in [0.717, 1.165) is 37.6 Å². The summed E-state index contributed by atoms with van der Waals surface area (Å²) in [5, 5.41) is 9.88. The van der Waals surface area contributed by atoms with Crippen LogP contribution in [0, 0.1) is 0 Å². The number of H-pyrrole nitrogens is 1. The maximum atomic E-state index is 13.9. The first kappa shape index (κ1) is 20.3. The van der Waals surface area contributed by atoms with Gasteiger partial charge in [-0.25, -0.2) is 4.98 Å². The molecule has 0 unspecified atom stereocenters. The Balaban J connectivity index is 1.36. The molecule has 8 heteroatoms. The SMILES string of the molecule is CC[C@H](Sc1nnc2c(n1)[nH]c1ccccc12)C(=O)N1c2ccccc2Sc2ccccc21. The van der Waals surface area contributed by atoms with E-state index in [1.54, 1.807) is 11.8 Å². The second-order valence-corrected chi connectivity index (χ2v) is 9.94. The third kappa shape index (κ3) is 3.46. The largest absolute Gasteiger partial charge is 0.338 e. The average molecular weight is 470 g/mol. The fourth-order valence-electron chi connectivity index (χ4n) is 4.08. The molecule has 3 aromatic carbocycles. The van der Waals surface area contributed by atoms with Gasteiger partial charge >= 0.3 is 0 Å². The van der Waals surface area contributed by atoms with Gasteiger partial charge in [0.1, 0.15) is 5.52 Å². The van der Waals surface area contributed by atoms with Gasteiger partial charge in [0.2, 0.25) is 11.1 Å². The van der Waals surface area contributed by atoms with Crippen molar-refractivity contribution in [2.75, 3.05) is 4.90 Å². The number of nitrogens with zero attached hydrogens (tertiary/aromatic N) is 4. The predicted molar refractivity (Wildman–Crippen MR) is 133 cm³/mol. The van der Waals surface area contributed by atoms with E-state index < -0.39 is 0 Å². The predicted octanol–water partition coefficient (Wildman–Crippen LogP) is 6.21. The topological polar surface area (TPSA) is 74.8 Å². The van der Waals surface area contributed by atoms with Crippen LogP contribution in [-0.4, -0.2) is 31.3 Å². The molecular weight excluding hydrogens is 450 g/mol. The van der Waals surface area contributed by atoms with Crippen molar-refractivity contribution in [1.29, 1.82) is 0 Å². The molecule has 3 heterocycles. The zero-order chi connectivity index (χ0) is 22.4. The Morgan fingerprint density at radius 2 is 1.64 bits per heavy atom. The number of benzene rings is 3. The normalized spacial score (nSPS) is 13.7. The van der Waals surface area contributed by atoms with Crippen molar-refractivity contribution in [3.05, 3.63) is 72.8 Å². The summed E-state index contributed by atoms with van der Waals surface area (Å²) in [6.07, 6.45) is 0.644. The molecule has 0 spiro atoms. The first-order chi connectivity index (χ1) is 16.2. The quantitative estimate of drug-likeness (QED) is 0.316. The number of rotatable bonds is 4. The zero-order valence-electron chi connectivity index (χ0n) is 17.7. The molecule has 0 saturated carbocycles. The number of hydrogen-bond acceptors (Lipinski definition) is 6. The smallest absolute Gasteiger partial charge is 0.245 e. The summed E-state index contributed by atoms with van der Waals surface area (Å²) < 4.78 is 0. The summed E-state index contributed by atoms with van der Waals surface area (Å²) in [4.78, 5) is 25.8. The molecular formula is C25H19N5OS2. The molecule has 0 radical (unpaired) electrons. The van der Waals surface area contributed by atoms with Crippen molar-refractivity contribution in [2.45, 2.75) is 33.5 Å². The highest BCUT2D eigenvalue weighted by molar-refractivity contribution is 8.00. The molecule has 33 heavy (non-hydrogen) atoms. The number of thioether (sulfide) groups is 1. The minimum absolute atomic E-state index is 0.0167. The Morgan fingerprint density at radius 1 is 0.970 bits per heavy atom. The van der Waals surface area contributed by atoms with E-state index in [1.165, 1.54) is 11.8 Å². The highest BCUT2D eigenvalue weighted by Crippen LogP contribution is 2.48. The molecule has 0 aliphatic carbocycles. The number of carbonyl (C=O) groups is 1. The van der Waals surface area contributed by atoms with Crippen molar-refractivity contribution in [3.63, 3.8) is 0 Å². The molecule has 1 aliphatic heterocycles. The molecule has 1 amide bonds. The van der Waals surface area contributed by atoms with E-state index in [0.29, 0.717) is 17.2 Å². The molecule has 6 nitrogen and oxygen atoms in total. The summed E-state index contributed by atoms with van der Waals surface area (Å²) >= 11 is 3.05. The standard InChI is InChI=1S/C25H19N5OS2/c1-2-19(33-25-27-23-22(28-29-25)15-9-3-4-10-16(15)26-23)24(31)30-17-11-5-7-13-20(17)32-21-14-8-6-12-18(21)30/h3-14,19H,2H2,1H3,(H,26,27,29)/t19-/m0/s1. The van der Waals surface area contributed by atoms with Gasteiger partial charge in [-0.15, -0.1) is 10.2 Å². The number of para-hydroxylation sites is 3. The zero-order valence-corrected chi connectivity index (χ0v) is 19.4. The van der Waals surface area contributed by atoms with Crippen LogP contribution in [0.2, 0.25) is 0 Å². The number of aromatic nitrogens is 4. The van der Waals surface area contributed by atoms with Crippen LogP contribution in [0.5, 0.6) is 0 Å². The van der Waals surface area contributed by atoms with Gasteiger partial charge in [0.05, 0.1) is 16.6 Å². The highest BCUT2D eigenvalue weighted by Gasteiger charge is 2.33. The number of amides is 1. The number of carbonyl (C=O) groups excluding carboxylic acids is 1. The van der Waals surface area contributed by atoms with Crippen LogP contribution in [0.15, 0.2) is 87.7 Å². The van der Waals surface area contributed by atoms with Gasteiger partial charge in [-0.1, -0.05) is 72.9 Å². The Hall–Kier alpha value is -3.36. The number of fused-ring (bicyclic) bond motifs is 5. The number of aromatic amines is 1. The van der Waals surface area contributed by atoms with E-state index in [-0.39, 0.29) is 11.2 Å². The fraction of sp³-hybridized carbons (Fsp3) is 0.120. The highest BCUT2D eigenvalue weighted by atomic mass is 32.2. The van der Waals surface area contributed by atoms with Crippen molar-refractivity contribution in [2.24, 2.45) is 0 Å². The Morgan fingerprint density at radius 3 is 2.36 bits per heavy atom. The maximum absolute atomic E-state index is 13.9. The Labute approximate surface area is 198 Å². The van der Waals surface area contributed by atoms with Crippen LogP contribution in [0.1, 0.15) is 13.3 Å². The lowest BCUT2D eigenvalue weighted by molar-refractivity contribution is -0.117. The van der Waals surface area contributed by atoms with E-state index in [1.807, 2.05) is 72.5 Å². The van der Waals surface area contributed by atoms with Crippen molar-refractivity contribution in [3.8, 4) is 0 Å². The molecule has 0 fully saturated rings. The minimum atomic E-state index is -0.349. The molecule has 0 saturated heterocycles. The van der Waals surface area contributed by atoms with Crippen molar-refractivity contribution in [1.82, 2.24) is 20.2 Å². The summed E-state index contributed by atoms with van der Waals surface area (Å²) in [5.74, 6) is 0.0167. The van der Waals surface area contributed by atoms with Gasteiger partial charge in [-0.2, -0.15) is 0 Å². The Kier molecular flexibility index (Phi) is 5.04. The van der Waals surface area contributed by atoms with Crippen molar-refractivity contribution >= 4 is 62.9 Å². The Bertz CT molecular complexity index is 1470. The summed E-state index contributed by atoms with van der Waals surface area (Å²) in [6.45, 7) is 2.01. The molecule has 1 N–H and O–H groups in total. The van der Waals surface area contributed by atoms with Crippen LogP contribution in [0.3, 0.4) is 0 Å². The number of anilines is 2. The van der Waals surface area contributed by atoms with Crippen molar-refractivity contribution < 1.29 is 4.79 Å². The number of nitrogens with one attached hydrogen (secondary N) is 1. The van der Waals surface area contributed by atoms with Gasteiger partial charge in [0.15, 0.2) is 5.65 Å². The monoisotopic (exact) mass is 469 g/mol. The molecule has 1 atom stereocenters. The lowest BCUT2D eigenvalue weighted by Gasteiger charge is -2.33. The van der Waals surface area contributed by atoms with Crippen LogP contribution in [-0.2, 0) is 4.79 Å². The van der Waals surface area contributed by atoms with Crippen LogP contribution < -0.4 is 4.90 Å². The first-order valence-electron chi connectivity index (χ1n) is 10.7. The third-order valence-corrected chi connectivity index (χ3v) is 7.98. The molecule has 0 bridgehead atoms. The second-order valence-electron chi connectivity index (χ2n) is 7.69. The van der Waals surface area contributed by atoms with E-state index in [4.69, 9.17) is 0 Å². The summed E-state index contributed by atoms with van der Waals surface area (Å²) in [5.41, 5.74) is 4.22. The summed E-state index contributed by atoms with van der Waals surface area (Å²) in [7, 11) is 0. The first-order valence-corrected chi connectivity index (χ1v) is 12.4. The minimum Gasteiger partial charge on any atom is -0.338 e. The third-order valence-electron chi connectivity index (χ3n) is 5.65. The van der Waals surface area contributed by atoms with Crippen LogP contribution in [0.25, 0.3) is 22.1 Å². The molecule has 2 aromatic heterocycles. The molecule has 5 aromatic rings. The van der Waals surface area contributed by atoms with Gasteiger partial charge in [-0.05, 0) is 36.8 Å². The van der Waals surface area contributed by atoms with Crippen LogP contribution >= 0.6 is 23.5 Å². The lowest BCUT2D eigenvalue weighted by Crippen LogP contribution is -2.35. The van der Waals surface area contributed by atoms with Gasteiger partial charge < -0.3 is 4.98 Å². The number of hydrogen-bond donors (Lipinski definition) is 1. The molecule has 162 valence electrons. The van der Waals surface area contributed by atoms with Gasteiger partial charge in [0, 0.05) is 20.7 Å². The van der Waals surface area contributed by atoms with E-state index in [9.17, 15) is 4.79 Å². The van der Waals surface area contributed by atoms with E-state index in [2.05, 4.69) is 32.3 Å². The molecule has 1 aliphatic rings. The second kappa shape index (κ2) is 8.20. The van der Waals surface area contributed by atoms with Gasteiger partial charge in [0.25, 0.3) is 0 Å². The van der Waals surface area contributed by atoms with Crippen LogP contribution in [0.4, 0.5) is 11.4 Å². The maximum Gasteiger partial charge on any atom is 0.245 e. The fourth-order valence-corrected chi connectivity index (χ4v) is 5.99. The average Bonchev–Trinajstić information content (AvgIpc) is 3.23. The van der Waals surface area contributed by atoms with Gasteiger partial charge in [-0.3, -0.25) is 9.69 Å². The molecule has 6 rings (SSSR count). The van der Waals surface area contributed by atoms with E-state index >= 15 is 0 Å². The lowest BCUT2D eigenvalue weighted by atomic mass is 10.2. The summed E-state index contributed by atoms with van der Waals surface area (Å²) in [6, 6.07) is 24.0.